The summed E-state index contributed by atoms with van der Waals surface area (Å²) in [6.07, 6.45) is 2.28. The fourth-order valence-electron chi connectivity index (χ4n) is 1.00. The molecule has 20 heavy (non-hydrogen) atoms. The van der Waals surface area contributed by atoms with E-state index in [1.54, 1.807) is 20.8 Å². The van der Waals surface area contributed by atoms with Gasteiger partial charge in [0.1, 0.15) is 0 Å². The molecular weight excluding hydrogens is 271 g/mol. The van der Waals surface area contributed by atoms with Gasteiger partial charge in [0.05, 0.1) is 5.60 Å². The number of carbonyl (C=O) groups excluding carboxylic acids is 1. The minimum atomic E-state index is -0.373. The summed E-state index contributed by atoms with van der Waals surface area (Å²) in [5.74, 6) is 0. The predicted molar refractivity (Wildman–Crippen MR) is 76.7 cm³/mol. The predicted octanol–water partition coefficient (Wildman–Crippen LogP) is -1.08. The molecule has 0 fully saturated rings. The van der Waals surface area contributed by atoms with Crippen molar-refractivity contribution in [2.75, 3.05) is 6.26 Å². The molecule has 5 nitrogen and oxygen atoms in total. The topological polar surface area (TPSA) is 72.0 Å². The normalized spacial score (nSPS) is 9.85. The number of H-pyrrole nitrogens is 1. The molecule has 0 bridgehead atoms. The molecule has 0 spiro atoms. The van der Waals surface area contributed by atoms with Crippen LogP contribution in [0.3, 0.4) is 0 Å². The Hall–Kier alpha value is -0.833. The third-order valence-electron chi connectivity index (χ3n) is 1.87. The maximum Gasteiger partial charge on any atom is 1.00 e. The van der Waals surface area contributed by atoms with Crippen molar-refractivity contribution in [3.63, 3.8) is 0 Å². The van der Waals surface area contributed by atoms with Crippen LogP contribution in [0.2, 0.25) is 0 Å². The van der Waals surface area contributed by atoms with Crippen molar-refractivity contribution in [2.45, 2.75) is 37.9 Å². The van der Waals surface area contributed by atoms with Crippen molar-refractivity contribution in [2.24, 2.45) is 0 Å². The Balaban J connectivity index is 0. The number of nitrogens with zero attached hydrogens (tertiary/aromatic N) is 1. The van der Waals surface area contributed by atoms with Gasteiger partial charge in [-0.2, -0.15) is 0 Å². The Kier molecular flexibility index (Phi) is 10.7. The Morgan fingerprint density at radius 2 is 2.00 bits per heavy atom. The number of aromatic amines is 1. The molecule has 0 aliphatic carbocycles. The summed E-state index contributed by atoms with van der Waals surface area (Å²) in [6, 6.07) is 0. The smallest absolute Gasteiger partial charge is 0.649 e. The molecule has 1 aromatic rings. The molecule has 0 amide bonds. The van der Waals surface area contributed by atoms with Crippen LogP contribution in [0.1, 0.15) is 32.0 Å². The minimum absolute atomic E-state index is 0. The zero-order valence-electron chi connectivity index (χ0n) is 12.7. The summed E-state index contributed by atoms with van der Waals surface area (Å²) in [5.41, 5.74) is 0.585. The molecule has 0 atom stereocenters. The van der Waals surface area contributed by atoms with Crippen molar-refractivity contribution < 1.29 is 28.4 Å². The Labute approximate surface area is 136 Å². The van der Waals surface area contributed by atoms with Crippen molar-refractivity contribution in [1.29, 1.82) is 0 Å². The first kappa shape index (κ1) is 21.5. The zero-order chi connectivity index (χ0) is 15.1. The maximum absolute atomic E-state index is 11.3. The first-order chi connectivity index (χ1) is 8.75. The van der Waals surface area contributed by atoms with Gasteiger partial charge in [0.15, 0.2) is 10.7 Å². The van der Waals surface area contributed by atoms with Crippen LogP contribution in [0.4, 0.5) is 0 Å². The largest absolute Gasteiger partial charge is 1.00 e. The summed E-state index contributed by atoms with van der Waals surface area (Å²) in [7, 11) is 0. The van der Waals surface area contributed by atoms with Crippen LogP contribution in [0.25, 0.3) is 0 Å². The van der Waals surface area contributed by atoms with Gasteiger partial charge >= 0.3 is 18.9 Å². The van der Waals surface area contributed by atoms with Gasteiger partial charge in [-0.25, -0.2) is 13.3 Å². The molecule has 0 aliphatic heterocycles. The quantitative estimate of drug-likeness (QED) is 0.332. The molecule has 1 rings (SSSR count). The molecule has 0 unspecified atom stereocenters. The third kappa shape index (κ3) is 8.36. The Morgan fingerprint density at radius 3 is 2.25 bits per heavy atom. The summed E-state index contributed by atoms with van der Waals surface area (Å²) >= 11 is 1.39. The molecule has 0 radical (unpaired) electrons. The van der Waals surface area contributed by atoms with Gasteiger partial charge < -0.3 is 21.4 Å². The Morgan fingerprint density at radius 1 is 1.45 bits per heavy atom. The molecule has 108 valence electrons. The van der Waals surface area contributed by atoms with Crippen molar-refractivity contribution in [3.8, 4) is 0 Å². The van der Waals surface area contributed by atoms with Crippen LogP contribution in [0.15, 0.2) is 9.95 Å². The monoisotopic (exact) mass is 290 g/mol. The van der Waals surface area contributed by atoms with Gasteiger partial charge in [0, 0.05) is 0 Å². The molecule has 0 aromatic carbocycles. The van der Waals surface area contributed by atoms with E-state index in [1.807, 2.05) is 6.26 Å². The standard InChI is InChI=1S/C8H10N2OS.C5H9O2.Li/c1-4-6-5(2)9-8(12-3)10-7(6)11;1-5(2,3)7-4-6;/h1-2,4H2,3H3,(H,9,10,11);1-3H3;/q-2;-1;+1. The SMILES string of the molecule is CC(C)(C)O[C-]=O.[CH2-]Cc1c([CH2-])nc(SC)[nH]c1=O.[Li+]. The molecule has 0 saturated carbocycles. The molecular formula is C13H19LiN2O3S-2. The van der Waals surface area contributed by atoms with Crippen LogP contribution in [-0.4, -0.2) is 28.3 Å². The average Bonchev–Trinajstić information content (AvgIpc) is 2.27. The zero-order valence-corrected chi connectivity index (χ0v) is 13.5. The number of hydrogen-bond donors (Lipinski definition) is 1. The fourth-order valence-corrected chi connectivity index (χ4v) is 1.40. The number of rotatable bonds is 3. The fraction of sp³-hybridized carbons (Fsp3) is 0.462. The first-order valence-corrected chi connectivity index (χ1v) is 6.81. The minimum Gasteiger partial charge on any atom is -0.649 e. The second kappa shape index (κ2) is 9.98. The van der Waals surface area contributed by atoms with Crippen LogP contribution >= 0.6 is 11.8 Å². The van der Waals surface area contributed by atoms with Gasteiger partial charge in [-0.1, -0.05) is 23.9 Å². The molecule has 1 heterocycles. The van der Waals surface area contributed by atoms with Gasteiger partial charge in [-0.05, 0) is 27.0 Å². The number of thioether (sulfide) groups is 1. The van der Waals surface area contributed by atoms with E-state index in [2.05, 4.69) is 28.6 Å². The van der Waals surface area contributed by atoms with Gasteiger partial charge in [-0.15, -0.1) is 5.56 Å². The molecule has 0 aliphatic rings. The molecule has 0 saturated heterocycles. The molecule has 7 heteroatoms. The van der Waals surface area contributed by atoms with Gasteiger partial charge in [-0.3, -0.25) is 9.78 Å². The van der Waals surface area contributed by atoms with E-state index in [1.165, 1.54) is 18.2 Å². The van der Waals surface area contributed by atoms with Crippen molar-refractivity contribution in [1.82, 2.24) is 9.97 Å². The second-order valence-corrected chi connectivity index (χ2v) is 5.34. The van der Waals surface area contributed by atoms with Gasteiger partial charge in [0.25, 0.3) is 0 Å². The second-order valence-electron chi connectivity index (χ2n) is 4.55. The van der Waals surface area contributed by atoms with E-state index in [0.29, 0.717) is 22.8 Å². The van der Waals surface area contributed by atoms with Crippen molar-refractivity contribution >= 4 is 18.2 Å². The molecule has 1 N–H and O–H groups in total. The summed E-state index contributed by atoms with van der Waals surface area (Å²) in [6.45, 7) is 14.0. The number of hydrogen-bond acceptors (Lipinski definition) is 5. The third-order valence-corrected chi connectivity index (χ3v) is 2.45. The average molecular weight is 290 g/mol. The summed E-state index contributed by atoms with van der Waals surface area (Å²) < 4.78 is 4.42. The Bertz CT molecular complexity index is 470. The van der Waals surface area contributed by atoms with E-state index in [9.17, 15) is 9.59 Å². The molecule has 1 aromatic heterocycles. The van der Waals surface area contributed by atoms with Crippen LogP contribution in [-0.2, 0) is 16.0 Å². The van der Waals surface area contributed by atoms with E-state index in [4.69, 9.17) is 0 Å². The number of aromatic nitrogens is 2. The van der Waals surface area contributed by atoms with Crippen molar-refractivity contribution in [3.05, 3.63) is 35.5 Å². The van der Waals surface area contributed by atoms with E-state index < -0.39 is 0 Å². The summed E-state index contributed by atoms with van der Waals surface area (Å²) in [5, 5.41) is 0.599. The number of ether oxygens (including phenoxy) is 1. The number of nitrogens with one attached hydrogen (secondary N) is 1. The first-order valence-electron chi connectivity index (χ1n) is 5.58. The van der Waals surface area contributed by atoms with Crippen LogP contribution in [0, 0.1) is 13.8 Å². The summed E-state index contributed by atoms with van der Waals surface area (Å²) in [4.78, 5) is 27.4. The van der Waals surface area contributed by atoms with E-state index in [-0.39, 0.29) is 30.0 Å². The van der Waals surface area contributed by atoms with E-state index >= 15 is 0 Å². The van der Waals surface area contributed by atoms with E-state index in [0.717, 1.165) is 0 Å². The maximum atomic E-state index is 11.3. The van der Waals surface area contributed by atoms with Crippen LogP contribution in [0.5, 0.6) is 0 Å². The van der Waals surface area contributed by atoms with Gasteiger partial charge in [0.2, 0.25) is 0 Å². The van der Waals surface area contributed by atoms with Crippen LogP contribution < -0.4 is 24.4 Å².